The molecule has 1 aromatic heterocycles. The molecule has 2 unspecified atom stereocenters. The van der Waals surface area contributed by atoms with Gasteiger partial charge in [-0.2, -0.15) is 5.26 Å². The van der Waals surface area contributed by atoms with Crippen LogP contribution in [0.2, 0.25) is 0 Å². The molecule has 2 aromatic rings. The van der Waals surface area contributed by atoms with Gasteiger partial charge in [0.2, 0.25) is 5.91 Å². The van der Waals surface area contributed by atoms with Crippen LogP contribution in [-0.4, -0.2) is 62.9 Å². The van der Waals surface area contributed by atoms with Crippen molar-refractivity contribution < 1.29 is 14.4 Å². The van der Waals surface area contributed by atoms with E-state index in [0.29, 0.717) is 25.9 Å². The zero-order valence-electron chi connectivity index (χ0n) is 19.3. The first kappa shape index (κ1) is 24.6. The van der Waals surface area contributed by atoms with E-state index in [4.69, 9.17) is 0 Å². The molecule has 2 heterocycles. The normalized spacial score (nSPS) is 14.9. The molecular formula is C24H29N7O3. The van der Waals surface area contributed by atoms with Gasteiger partial charge in [0, 0.05) is 25.4 Å². The molecule has 178 valence electrons. The highest BCUT2D eigenvalue weighted by molar-refractivity contribution is 5.97. The molecule has 0 saturated carbocycles. The molecule has 34 heavy (non-hydrogen) atoms. The summed E-state index contributed by atoms with van der Waals surface area (Å²) in [6.45, 7) is 4.80. The lowest BCUT2D eigenvalue weighted by Crippen LogP contribution is -2.56. The molecule has 1 aromatic carbocycles. The van der Waals surface area contributed by atoms with Crippen LogP contribution in [0.4, 0.5) is 0 Å². The van der Waals surface area contributed by atoms with Crippen molar-refractivity contribution in [2.24, 2.45) is 5.92 Å². The number of aromatic nitrogens is 2. The van der Waals surface area contributed by atoms with E-state index in [1.807, 2.05) is 50.4 Å². The highest BCUT2D eigenvalue weighted by Gasteiger charge is 2.34. The van der Waals surface area contributed by atoms with E-state index in [2.05, 4.69) is 20.6 Å². The fourth-order valence-corrected chi connectivity index (χ4v) is 3.80. The lowest BCUT2D eigenvalue weighted by atomic mass is 10.0. The minimum Gasteiger partial charge on any atom is -0.342 e. The first-order chi connectivity index (χ1) is 16.4. The summed E-state index contributed by atoms with van der Waals surface area (Å²) in [7, 11) is 0. The van der Waals surface area contributed by atoms with E-state index in [1.165, 1.54) is 28.6 Å². The first-order valence-corrected chi connectivity index (χ1v) is 11.3. The van der Waals surface area contributed by atoms with Gasteiger partial charge in [0.05, 0.1) is 12.7 Å². The van der Waals surface area contributed by atoms with Crippen LogP contribution in [0.5, 0.6) is 0 Å². The Labute approximate surface area is 198 Å². The smallest absolute Gasteiger partial charge is 0.272 e. The molecule has 0 radical (unpaired) electrons. The van der Waals surface area contributed by atoms with Crippen LogP contribution in [0.15, 0.2) is 48.9 Å². The Bertz CT molecular complexity index is 1020. The van der Waals surface area contributed by atoms with E-state index in [-0.39, 0.29) is 23.9 Å². The Kier molecular flexibility index (Phi) is 8.51. The number of nitrogens with zero attached hydrogens (tertiary/aromatic N) is 5. The number of nitrogens with one attached hydrogen (secondary N) is 2. The van der Waals surface area contributed by atoms with Gasteiger partial charge in [-0.15, -0.1) is 0 Å². The maximum absolute atomic E-state index is 13.4. The number of rotatable bonds is 9. The molecule has 0 aliphatic carbocycles. The summed E-state index contributed by atoms with van der Waals surface area (Å²) in [4.78, 5) is 47.2. The largest absolute Gasteiger partial charge is 0.342 e. The number of hydrazine groups is 1. The molecule has 10 nitrogen and oxygen atoms in total. The van der Waals surface area contributed by atoms with Gasteiger partial charge in [0.15, 0.2) is 6.19 Å². The fraction of sp³-hybridized carbons (Fsp3) is 0.417. The molecule has 3 rings (SSSR count). The zero-order chi connectivity index (χ0) is 24.5. The molecule has 1 aliphatic heterocycles. The Balaban J connectivity index is 1.80. The van der Waals surface area contributed by atoms with Crippen molar-refractivity contribution in [3.05, 3.63) is 60.2 Å². The molecule has 0 bridgehead atoms. The van der Waals surface area contributed by atoms with Crippen LogP contribution < -0.4 is 10.6 Å². The molecule has 10 heteroatoms. The van der Waals surface area contributed by atoms with Crippen molar-refractivity contribution in [2.75, 3.05) is 13.1 Å². The molecular weight excluding hydrogens is 434 g/mol. The Morgan fingerprint density at radius 1 is 1.09 bits per heavy atom. The monoisotopic (exact) mass is 463 g/mol. The lowest BCUT2D eigenvalue weighted by molar-refractivity contribution is -0.144. The third-order valence-electron chi connectivity index (χ3n) is 5.42. The standard InChI is InChI=1S/C24H29N7O3/c1-17(2)13-20(24(34)31-12-6-11-30(31)16-25)29-22(32)19(14-18-7-4-3-5-8-18)28-23(33)21-15-26-9-10-27-21/h3-5,7-10,15,17,19-20H,6,11-14H2,1-2H3,(H,28,33)(H,29,32). The van der Waals surface area contributed by atoms with Gasteiger partial charge in [0.1, 0.15) is 17.8 Å². The third-order valence-corrected chi connectivity index (χ3v) is 5.42. The van der Waals surface area contributed by atoms with Gasteiger partial charge in [-0.05, 0) is 24.3 Å². The summed E-state index contributed by atoms with van der Waals surface area (Å²) < 4.78 is 0. The molecule has 0 spiro atoms. The first-order valence-electron chi connectivity index (χ1n) is 11.3. The minimum atomic E-state index is -0.940. The zero-order valence-corrected chi connectivity index (χ0v) is 19.3. The maximum atomic E-state index is 13.4. The third kappa shape index (κ3) is 6.51. The second-order valence-corrected chi connectivity index (χ2v) is 8.54. The lowest BCUT2D eigenvalue weighted by Gasteiger charge is -2.29. The highest BCUT2D eigenvalue weighted by atomic mass is 16.2. The number of hydrogen-bond acceptors (Lipinski definition) is 7. The molecule has 2 N–H and O–H groups in total. The minimum absolute atomic E-state index is 0.0879. The Morgan fingerprint density at radius 3 is 2.50 bits per heavy atom. The van der Waals surface area contributed by atoms with Gasteiger partial charge in [-0.3, -0.25) is 19.4 Å². The van der Waals surface area contributed by atoms with Crippen molar-refractivity contribution in [2.45, 2.75) is 45.2 Å². The SMILES string of the molecule is CC(C)CC(NC(=O)C(Cc1ccccc1)NC(=O)c1cnccn1)C(=O)N1CCCN1C#N. The number of hydrogen-bond donors (Lipinski definition) is 2. The van der Waals surface area contributed by atoms with Crippen LogP contribution in [0.25, 0.3) is 0 Å². The Morgan fingerprint density at radius 2 is 1.85 bits per heavy atom. The predicted molar refractivity (Wildman–Crippen MR) is 123 cm³/mol. The van der Waals surface area contributed by atoms with E-state index in [9.17, 15) is 19.6 Å². The van der Waals surface area contributed by atoms with Gasteiger partial charge in [-0.1, -0.05) is 44.2 Å². The highest BCUT2D eigenvalue weighted by Crippen LogP contribution is 2.15. The van der Waals surface area contributed by atoms with E-state index in [0.717, 1.165) is 5.56 Å². The summed E-state index contributed by atoms with van der Waals surface area (Å²) in [6, 6.07) is 7.53. The van der Waals surface area contributed by atoms with Gasteiger partial charge >= 0.3 is 0 Å². The van der Waals surface area contributed by atoms with E-state index in [1.54, 1.807) is 0 Å². The molecule has 1 fully saturated rings. The topological polar surface area (TPSA) is 131 Å². The van der Waals surface area contributed by atoms with Crippen molar-refractivity contribution in [1.29, 1.82) is 5.26 Å². The summed E-state index contributed by atoms with van der Waals surface area (Å²) in [6.07, 6.45) is 7.50. The van der Waals surface area contributed by atoms with E-state index >= 15 is 0 Å². The summed E-state index contributed by atoms with van der Waals surface area (Å²) in [5.74, 6) is -1.23. The molecule has 1 saturated heterocycles. The van der Waals surface area contributed by atoms with Crippen molar-refractivity contribution in [3.63, 3.8) is 0 Å². The van der Waals surface area contributed by atoms with Crippen LogP contribution in [0, 0.1) is 17.4 Å². The Hall–Kier alpha value is -4.00. The second-order valence-electron chi connectivity index (χ2n) is 8.54. The second kappa shape index (κ2) is 11.7. The quantitative estimate of drug-likeness (QED) is 0.536. The number of carbonyl (C=O) groups excluding carboxylic acids is 3. The average Bonchev–Trinajstić information content (AvgIpc) is 3.32. The predicted octanol–water partition coefficient (Wildman–Crippen LogP) is 1.28. The molecule has 2 atom stereocenters. The summed E-state index contributed by atoms with van der Waals surface area (Å²) >= 11 is 0. The maximum Gasteiger partial charge on any atom is 0.272 e. The number of carbonyl (C=O) groups is 3. The van der Waals surface area contributed by atoms with Gasteiger partial charge in [-0.25, -0.2) is 15.0 Å². The fourth-order valence-electron chi connectivity index (χ4n) is 3.80. The summed E-state index contributed by atoms with van der Waals surface area (Å²) in [5, 5.41) is 17.6. The number of benzene rings is 1. The van der Waals surface area contributed by atoms with Crippen molar-refractivity contribution in [1.82, 2.24) is 30.6 Å². The number of nitriles is 1. The van der Waals surface area contributed by atoms with Crippen LogP contribution >= 0.6 is 0 Å². The number of amides is 3. The van der Waals surface area contributed by atoms with Gasteiger partial charge < -0.3 is 10.6 Å². The van der Waals surface area contributed by atoms with Crippen LogP contribution in [0.1, 0.15) is 42.7 Å². The average molecular weight is 464 g/mol. The molecule has 1 aliphatic rings. The van der Waals surface area contributed by atoms with Crippen molar-refractivity contribution >= 4 is 17.7 Å². The van der Waals surface area contributed by atoms with Crippen LogP contribution in [-0.2, 0) is 16.0 Å². The van der Waals surface area contributed by atoms with E-state index < -0.39 is 23.9 Å². The van der Waals surface area contributed by atoms with Gasteiger partial charge in [0.25, 0.3) is 11.8 Å². The van der Waals surface area contributed by atoms with Crippen LogP contribution in [0.3, 0.4) is 0 Å². The molecule has 3 amide bonds. The van der Waals surface area contributed by atoms with Crippen molar-refractivity contribution in [3.8, 4) is 6.19 Å². The summed E-state index contributed by atoms with van der Waals surface area (Å²) in [5.41, 5.74) is 0.939.